The van der Waals surface area contributed by atoms with Crippen molar-refractivity contribution in [2.75, 3.05) is 0 Å². The summed E-state index contributed by atoms with van der Waals surface area (Å²) in [5.41, 5.74) is 0.688. The highest BCUT2D eigenvalue weighted by atomic mass is 127. The predicted octanol–water partition coefficient (Wildman–Crippen LogP) is 3.86. The maximum absolute atomic E-state index is 11.9. The van der Waals surface area contributed by atoms with Gasteiger partial charge in [0.2, 0.25) is 0 Å². The van der Waals surface area contributed by atoms with Crippen LogP contribution >= 0.6 is 34.2 Å². The molecule has 0 aliphatic carbocycles. The number of carbonyl (C=O) groups is 1. The Balaban J connectivity index is 2.73. The van der Waals surface area contributed by atoms with E-state index in [-0.39, 0.29) is 11.9 Å². The van der Waals surface area contributed by atoms with E-state index in [9.17, 15) is 4.79 Å². The summed E-state index contributed by atoms with van der Waals surface area (Å²) in [6.45, 7) is 4.12. The molecule has 0 radical (unpaired) electrons. The molecule has 0 saturated heterocycles. The number of carbonyl (C=O) groups excluding carboxylic acids is 1. The van der Waals surface area contributed by atoms with E-state index in [0.29, 0.717) is 10.6 Å². The zero-order valence-corrected chi connectivity index (χ0v) is 12.3. The van der Waals surface area contributed by atoms with Crippen LogP contribution in [0.4, 0.5) is 0 Å². The molecule has 0 fully saturated rings. The van der Waals surface area contributed by atoms with Gasteiger partial charge in [0, 0.05) is 14.6 Å². The molecule has 0 heterocycles. The Morgan fingerprint density at radius 3 is 2.81 bits per heavy atom. The highest BCUT2D eigenvalue weighted by Crippen LogP contribution is 2.18. The minimum Gasteiger partial charge on any atom is -0.350 e. The minimum atomic E-state index is -0.0259. The summed E-state index contributed by atoms with van der Waals surface area (Å²) in [6.07, 6.45) is 2.06. The number of amides is 1. The molecule has 16 heavy (non-hydrogen) atoms. The van der Waals surface area contributed by atoms with Gasteiger partial charge in [-0.05, 0) is 54.1 Å². The van der Waals surface area contributed by atoms with Gasteiger partial charge in [-0.25, -0.2) is 0 Å². The van der Waals surface area contributed by atoms with Gasteiger partial charge in [0.25, 0.3) is 5.91 Å². The predicted molar refractivity (Wildman–Crippen MR) is 76.0 cm³/mol. The van der Waals surface area contributed by atoms with Crippen LogP contribution in [0.1, 0.15) is 37.0 Å². The Kier molecular flexibility index (Phi) is 5.55. The standard InChI is InChI=1S/C12H15ClINO/c1-3-4-8(2)15-12(16)10-6-5-9(13)7-11(10)14/h5-8H,3-4H2,1-2H3,(H,15,16). The van der Waals surface area contributed by atoms with Gasteiger partial charge in [-0.3, -0.25) is 4.79 Å². The van der Waals surface area contributed by atoms with Crippen LogP contribution in [0.2, 0.25) is 5.02 Å². The van der Waals surface area contributed by atoms with Gasteiger partial charge in [-0.15, -0.1) is 0 Å². The fourth-order valence-electron chi connectivity index (χ4n) is 1.48. The van der Waals surface area contributed by atoms with Crippen LogP contribution in [0.15, 0.2) is 18.2 Å². The molecule has 0 aliphatic heterocycles. The molecule has 1 unspecified atom stereocenters. The zero-order chi connectivity index (χ0) is 12.1. The van der Waals surface area contributed by atoms with Crippen molar-refractivity contribution in [2.45, 2.75) is 32.7 Å². The lowest BCUT2D eigenvalue weighted by Crippen LogP contribution is -2.32. The molecule has 0 aliphatic rings. The highest BCUT2D eigenvalue weighted by molar-refractivity contribution is 14.1. The third-order valence-corrected chi connectivity index (χ3v) is 3.40. The normalized spacial score (nSPS) is 12.2. The molecule has 1 rings (SSSR count). The number of rotatable bonds is 4. The van der Waals surface area contributed by atoms with Crippen LogP contribution in [-0.4, -0.2) is 11.9 Å². The van der Waals surface area contributed by atoms with Crippen molar-refractivity contribution in [3.8, 4) is 0 Å². The Morgan fingerprint density at radius 1 is 1.56 bits per heavy atom. The molecule has 2 nitrogen and oxygen atoms in total. The van der Waals surface area contributed by atoms with Crippen LogP contribution in [0.3, 0.4) is 0 Å². The largest absolute Gasteiger partial charge is 0.350 e. The van der Waals surface area contributed by atoms with E-state index < -0.39 is 0 Å². The van der Waals surface area contributed by atoms with E-state index in [1.54, 1.807) is 18.2 Å². The average Bonchev–Trinajstić information content (AvgIpc) is 2.17. The molecular formula is C12H15ClINO. The fraction of sp³-hybridized carbons (Fsp3) is 0.417. The van der Waals surface area contributed by atoms with Gasteiger partial charge in [0.1, 0.15) is 0 Å². The van der Waals surface area contributed by atoms with Crippen molar-refractivity contribution in [3.05, 3.63) is 32.4 Å². The quantitative estimate of drug-likeness (QED) is 0.820. The first kappa shape index (κ1) is 13.8. The monoisotopic (exact) mass is 351 g/mol. The lowest BCUT2D eigenvalue weighted by atomic mass is 10.1. The van der Waals surface area contributed by atoms with Crippen LogP contribution < -0.4 is 5.32 Å². The summed E-state index contributed by atoms with van der Waals surface area (Å²) in [4.78, 5) is 11.9. The van der Waals surface area contributed by atoms with E-state index >= 15 is 0 Å². The lowest BCUT2D eigenvalue weighted by molar-refractivity contribution is 0.0937. The van der Waals surface area contributed by atoms with Gasteiger partial charge in [0.15, 0.2) is 0 Å². The number of halogens is 2. The summed E-state index contributed by atoms with van der Waals surface area (Å²) in [6, 6.07) is 5.51. The molecule has 1 atom stereocenters. The van der Waals surface area contributed by atoms with Crippen LogP contribution in [0, 0.1) is 3.57 Å². The van der Waals surface area contributed by atoms with Crippen LogP contribution in [-0.2, 0) is 0 Å². The first-order valence-electron chi connectivity index (χ1n) is 5.30. The van der Waals surface area contributed by atoms with Gasteiger partial charge in [-0.2, -0.15) is 0 Å². The van der Waals surface area contributed by atoms with E-state index in [1.807, 2.05) is 6.92 Å². The van der Waals surface area contributed by atoms with Crippen LogP contribution in [0.25, 0.3) is 0 Å². The maximum atomic E-state index is 11.9. The van der Waals surface area contributed by atoms with E-state index in [2.05, 4.69) is 34.8 Å². The first-order valence-corrected chi connectivity index (χ1v) is 6.76. The Morgan fingerprint density at radius 2 is 2.25 bits per heavy atom. The van der Waals surface area contributed by atoms with Crippen molar-refractivity contribution in [2.24, 2.45) is 0 Å². The van der Waals surface area contributed by atoms with Gasteiger partial charge < -0.3 is 5.32 Å². The Bertz CT molecular complexity index is 381. The Hall–Kier alpha value is -0.290. The molecule has 0 aromatic heterocycles. The van der Waals surface area contributed by atoms with Gasteiger partial charge >= 0.3 is 0 Å². The maximum Gasteiger partial charge on any atom is 0.252 e. The first-order chi connectivity index (χ1) is 7.54. The molecule has 1 amide bonds. The second-order valence-corrected chi connectivity index (χ2v) is 5.39. The smallest absolute Gasteiger partial charge is 0.252 e. The topological polar surface area (TPSA) is 29.1 Å². The SMILES string of the molecule is CCCC(C)NC(=O)c1ccc(Cl)cc1I. The minimum absolute atomic E-state index is 0.0259. The second kappa shape index (κ2) is 6.45. The molecular weight excluding hydrogens is 336 g/mol. The number of nitrogens with one attached hydrogen (secondary N) is 1. The Labute approximate surface area is 115 Å². The number of hydrogen-bond donors (Lipinski definition) is 1. The lowest BCUT2D eigenvalue weighted by Gasteiger charge is -2.13. The second-order valence-electron chi connectivity index (χ2n) is 3.79. The summed E-state index contributed by atoms with van der Waals surface area (Å²) < 4.78 is 0.881. The van der Waals surface area contributed by atoms with Crippen molar-refractivity contribution < 1.29 is 4.79 Å². The third-order valence-electron chi connectivity index (χ3n) is 2.27. The van der Waals surface area contributed by atoms with Crippen molar-refractivity contribution in [1.29, 1.82) is 0 Å². The van der Waals surface area contributed by atoms with Crippen molar-refractivity contribution >= 4 is 40.1 Å². The third kappa shape index (κ3) is 3.94. The van der Waals surface area contributed by atoms with Gasteiger partial charge in [-0.1, -0.05) is 24.9 Å². The molecule has 0 saturated carbocycles. The summed E-state index contributed by atoms with van der Waals surface area (Å²) in [7, 11) is 0. The molecule has 88 valence electrons. The van der Waals surface area contributed by atoms with E-state index in [0.717, 1.165) is 16.4 Å². The fourth-order valence-corrected chi connectivity index (χ4v) is 2.60. The number of benzene rings is 1. The van der Waals surface area contributed by atoms with Gasteiger partial charge in [0.05, 0.1) is 5.56 Å². The summed E-state index contributed by atoms with van der Waals surface area (Å²) in [5.74, 6) is -0.0259. The molecule has 1 aromatic rings. The van der Waals surface area contributed by atoms with Crippen molar-refractivity contribution in [3.63, 3.8) is 0 Å². The van der Waals surface area contributed by atoms with E-state index in [1.165, 1.54) is 0 Å². The molecule has 4 heteroatoms. The number of hydrogen-bond acceptors (Lipinski definition) is 1. The summed E-state index contributed by atoms with van der Waals surface area (Å²) >= 11 is 7.96. The molecule has 0 bridgehead atoms. The summed E-state index contributed by atoms with van der Waals surface area (Å²) in [5, 5.41) is 3.63. The molecule has 1 N–H and O–H groups in total. The zero-order valence-electron chi connectivity index (χ0n) is 9.39. The van der Waals surface area contributed by atoms with Crippen LogP contribution in [0.5, 0.6) is 0 Å². The molecule has 1 aromatic carbocycles. The van der Waals surface area contributed by atoms with E-state index in [4.69, 9.17) is 11.6 Å². The van der Waals surface area contributed by atoms with Crippen molar-refractivity contribution in [1.82, 2.24) is 5.32 Å². The highest BCUT2D eigenvalue weighted by Gasteiger charge is 2.12. The molecule has 0 spiro atoms. The average molecular weight is 352 g/mol.